The van der Waals surface area contributed by atoms with Gasteiger partial charge in [0.1, 0.15) is 0 Å². The molecular formula is C32H59N. The number of hydrogen-bond acceptors (Lipinski definition) is 1. The van der Waals surface area contributed by atoms with Crippen LogP contribution in [0.5, 0.6) is 0 Å². The van der Waals surface area contributed by atoms with E-state index in [2.05, 4.69) is 44.2 Å². The number of hydrogen-bond donors (Lipinski definition) is 1. The van der Waals surface area contributed by atoms with Gasteiger partial charge in [-0.15, -0.1) is 0 Å². The summed E-state index contributed by atoms with van der Waals surface area (Å²) in [5, 5.41) is 0. The Bertz CT molecular complexity index is 484. The van der Waals surface area contributed by atoms with Gasteiger partial charge in [0, 0.05) is 12.0 Å². The van der Waals surface area contributed by atoms with E-state index in [1.807, 2.05) is 0 Å². The van der Waals surface area contributed by atoms with Gasteiger partial charge in [-0.25, -0.2) is 0 Å². The molecule has 0 radical (unpaired) electrons. The molecule has 0 atom stereocenters. The van der Waals surface area contributed by atoms with Crippen molar-refractivity contribution < 1.29 is 0 Å². The number of rotatable bonds is 24. The van der Waals surface area contributed by atoms with Crippen molar-refractivity contribution in [3.63, 3.8) is 0 Å². The normalized spacial score (nSPS) is 11.8. The highest BCUT2D eigenvalue weighted by Gasteiger charge is 2.29. The lowest BCUT2D eigenvalue weighted by Crippen LogP contribution is -2.35. The third-order valence-corrected chi connectivity index (χ3v) is 7.79. The Labute approximate surface area is 208 Å². The Balaban J connectivity index is 2.30. The molecule has 0 heterocycles. The lowest BCUT2D eigenvalue weighted by Gasteiger charge is -2.34. The van der Waals surface area contributed by atoms with Crippen molar-refractivity contribution >= 4 is 0 Å². The second-order valence-corrected chi connectivity index (χ2v) is 10.7. The zero-order chi connectivity index (χ0) is 23.9. The fourth-order valence-electron chi connectivity index (χ4n) is 5.43. The van der Waals surface area contributed by atoms with Gasteiger partial charge in [0.25, 0.3) is 0 Å². The largest absolute Gasteiger partial charge is 0.330 e. The fourth-order valence-corrected chi connectivity index (χ4v) is 5.43. The van der Waals surface area contributed by atoms with E-state index in [-0.39, 0.29) is 5.41 Å². The fraction of sp³-hybridized carbons (Fsp3) is 0.812. The van der Waals surface area contributed by atoms with Gasteiger partial charge in [-0.05, 0) is 18.4 Å². The molecule has 0 saturated carbocycles. The van der Waals surface area contributed by atoms with Crippen molar-refractivity contribution in [3.05, 3.63) is 35.9 Å². The average molecular weight is 458 g/mol. The van der Waals surface area contributed by atoms with E-state index in [4.69, 9.17) is 5.73 Å². The van der Waals surface area contributed by atoms with Crippen molar-refractivity contribution in [2.75, 3.05) is 6.54 Å². The Morgan fingerprint density at radius 1 is 0.485 bits per heavy atom. The summed E-state index contributed by atoms with van der Waals surface area (Å²) in [4.78, 5) is 0. The van der Waals surface area contributed by atoms with E-state index in [1.165, 1.54) is 147 Å². The van der Waals surface area contributed by atoms with Crippen molar-refractivity contribution in [1.82, 2.24) is 0 Å². The van der Waals surface area contributed by atoms with Gasteiger partial charge < -0.3 is 5.73 Å². The summed E-state index contributed by atoms with van der Waals surface area (Å²) < 4.78 is 0. The minimum Gasteiger partial charge on any atom is -0.330 e. The highest BCUT2D eigenvalue weighted by molar-refractivity contribution is 5.26. The van der Waals surface area contributed by atoms with Gasteiger partial charge in [-0.3, -0.25) is 0 Å². The van der Waals surface area contributed by atoms with Gasteiger partial charge in [0.2, 0.25) is 0 Å². The molecule has 0 aromatic heterocycles. The zero-order valence-corrected chi connectivity index (χ0v) is 22.7. The summed E-state index contributed by atoms with van der Waals surface area (Å²) in [7, 11) is 0. The minimum atomic E-state index is 0.196. The molecule has 192 valence electrons. The standard InChI is InChI=1S/C32H59N/c1-3-5-7-9-11-13-15-17-19-24-28-32(30-33,31-26-22-21-23-27-31)29-25-20-18-16-14-12-10-8-6-4-2/h21-23,26-27H,3-20,24-25,28-30,33H2,1-2H3. The topological polar surface area (TPSA) is 26.0 Å². The van der Waals surface area contributed by atoms with E-state index in [0.29, 0.717) is 0 Å². The van der Waals surface area contributed by atoms with Crippen LogP contribution < -0.4 is 5.73 Å². The molecule has 1 aromatic carbocycles. The molecule has 1 aromatic rings. The van der Waals surface area contributed by atoms with Crippen LogP contribution in [0.4, 0.5) is 0 Å². The van der Waals surface area contributed by atoms with Crippen molar-refractivity contribution in [3.8, 4) is 0 Å². The smallest absolute Gasteiger partial charge is 0.00755 e. The van der Waals surface area contributed by atoms with Crippen LogP contribution in [0.1, 0.15) is 161 Å². The van der Waals surface area contributed by atoms with Crippen molar-refractivity contribution in [1.29, 1.82) is 0 Å². The second-order valence-electron chi connectivity index (χ2n) is 10.7. The summed E-state index contributed by atoms with van der Waals surface area (Å²) in [5.74, 6) is 0. The maximum Gasteiger partial charge on any atom is 0.00755 e. The van der Waals surface area contributed by atoms with E-state index in [0.717, 1.165) is 6.54 Å². The quantitative estimate of drug-likeness (QED) is 0.153. The molecule has 2 N–H and O–H groups in total. The molecule has 0 aliphatic heterocycles. The van der Waals surface area contributed by atoms with Crippen molar-refractivity contribution in [2.45, 2.75) is 161 Å². The zero-order valence-electron chi connectivity index (χ0n) is 22.7. The minimum absolute atomic E-state index is 0.196. The summed E-state index contributed by atoms with van der Waals surface area (Å²) >= 11 is 0. The number of benzene rings is 1. The van der Waals surface area contributed by atoms with Gasteiger partial charge >= 0.3 is 0 Å². The van der Waals surface area contributed by atoms with E-state index in [9.17, 15) is 0 Å². The highest BCUT2D eigenvalue weighted by atomic mass is 14.6. The van der Waals surface area contributed by atoms with Crippen LogP contribution in [0.3, 0.4) is 0 Å². The first kappa shape index (κ1) is 30.2. The third kappa shape index (κ3) is 14.9. The van der Waals surface area contributed by atoms with Gasteiger partial charge in [0.05, 0.1) is 0 Å². The first-order valence-corrected chi connectivity index (χ1v) is 15.0. The first-order valence-electron chi connectivity index (χ1n) is 15.0. The van der Waals surface area contributed by atoms with Gasteiger partial charge in [-0.2, -0.15) is 0 Å². The molecule has 33 heavy (non-hydrogen) atoms. The Morgan fingerprint density at radius 2 is 0.818 bits per heavy atom. The summed E-state index contributed by atoms with van der Waals surface area (Å²) in [5.41, 5.74) is 8.16. The van der Waals surface area contributed by atoms with Gasteiger partial charge in [0.15, 0.2) is 0 Å². The molecule has 0 fully saturated rings. The maximum atomic E-state index is 6.48. The molecule has 0 aliphatic carbocycles. The maximum absolute atomic E-state index is 6.48. The summed E-state index contributed by atoms with van der Waals surface area (Å²) in [6, 6.07) is 11.2. The van der Waals surface area contributed by atoms with E-state index in [1.54, 1.807) is 0 Å². The Hall–Kier alpha value is -0.820. The predicted octanol–water partition coefficient (Wildman–Crippen LogP) is 10.5. The molecular weight excluding hydrogens is 398 g/mol. The lowest BCUT2D eigenvalue weighted by molar-refractivity contribution is 0.340. The first-order chi connectivity index (χ1) is 16.3. The SMILES string of the molecule is CCCCCCCCCCCCC(CN)(CCCCCCCCCCCC)c1ccccc1. The third-order valence-electron chi connectivity index (χ3n) is 7.79. The number of nitrogens with two attached hydrogens (primary N) is 1. The molecule has 0 bridgehead atoms. The van der Waals surface area contributed by atoms with Crippen molar-refractivity contribution in [2.24, 2.45) is 5.73 Å². The van der Waals surface area contributed by atoms with Crippen LogP contribution in [-0.4, -0.2) is 6.54 Å². The highest BCUT2D eigenvalue weighted by Crippen LogP contribution is 2.35. The average Bonchev–Trinajstić information content (AvgIpc) is 2.85. The molecule has 0 saturated heterocycles. The molecule has 0 unspecified atom stereocenters. The van der Waals surface area contributed by atoms with Crippen LogP contribution in [0, 0.1) is 0 Å². The molecule has 1 rings (SSSR count). The number of unbranched alkanes of at least 4 members (excludes halogenated alkanes) is 18. The molecule has 1 heteroatoms. The summed E-state index contributed by atoms with van der Waals surface area (Å²) in [6.45, 7) is 5.40. The van der Waals surface area contributed by atoms with E-state index >= 15 is 0 Å². The monoisotopic (exact) mass is 457 g/mol. The van der Waals surface area contributed by atoms with Gasteiger partial charge in [-0.1, -0.05) is 173 Å². The summed E-state index contributed by atoms with van der Waals surface area (Å²) in [6.07, 6.45) is 30.6. The van der Waals surface area contributed by atoms with Crippen LogP contribution in [0.15, 0.2) is 30.3 Å². The van der Waals surface area contributed by atoms with E-state index < -0.39 is 0 Å². The van der Waals surface area contributed by atoms with Crippen LogP contribution in [0.2, 0.25) is 0 Å². The Morgan fingerprint density at radius 3 is 1.15 bits per heavy atom. The van der Waals surface area contributed by atoms with Crippen LogP contribution in [0.25, 0.3) is 0 Å². The predicted molar refractivity (Wildman–Crippen MR) is 150 cm³/mol. The van der Waals surface area contributed by atoms with Crippen LogP contribution in [-0.2, 0) is 5.41 Å². The molecule has 1 nitrogen and oxygen atoms in total. The molecule has 0 spiro atoms. The lowest BCUT2D eigenvalue weighted by atomic mass is 9.72. The van der Waals surface area contributed by atoms with Crippen LogP contribution >= 0.6 is 0 Å². The molecule has 0 amide bonds. The Kier molecular flexibility index (Phi) is 19.9. The molecule has 0 aliphatic rings. The second kappa shape index (κ2) is 21.7.